The smallest absolute Gasteiger partial charge is 0.0681 e. The van der Waals surface area contributed by atoms with Gasteiger partial charge in [0.05, 0.1) is 6.61 Å². The van der Waals surface area contributed by atoms with Gasteiger partial charge in [0.1, 0.15) is 0 Å². The van der Waals surface area contributed by atoms with E-state index in [0.29, 0.717) is 0 Å². The third-order valence-corrected chi connectivity index (χ3v) is 2.34. The van der Waals surface area contributed by atoms with Crippen LogP contribution in [0.3, 0.4) is 0 Å². The van der Waals surface area contributed by atoms with Crippen LogP contribution in [0.25, 0.3) is 0 Å². The largest absolute Gasteiger partial charge is 0.392 e. The summed E-state index contributed by atoms with van der Waals surface area (Å²) in [5.41, 5.74) is 0.965. The number of aliphatic hydroxyl groups excluding tert-OH is 1. The SMILES string of the molecule is C1=CCC=C1.C1=CCC=C1.OCc1ccccc1. The molecule has 0 saturated heterocycles. The second-order valence-corrected chi connectivity index (χ2v) is 3.83. The van der Waals surface area contributed by atoms with Crippen LogP contribution in [0, 0.1) is 0 Å². The molecule has 0 amide bonds. The zero-order valence-electron chi connectivity index (χ0n) is 10.6. The van der Waals surface area contributed by atoms with Crippen molar-refractivity contribution in [3.05, 3.63) is 84.5 Å². The quantitative estimate of drug-likeness (QED) is 0.780. The minimum absolute atomic E-state index is 0.140. The van der Waals surface area contributed by atoms with Crippen molar-refractivity contribution >= 4 is 0 Å². The van der Waals surface area contributed by atoms with Crippen LogP contribution in [0.2, 0.25) is 0 Å². The van der Waals surface area contributed by atoms with E-state index in [1.807, 2.05) is 30.3 Å². The van der Waals surface area contributed by atoms with E-state index in [1.165, 1.54) is 0 Å². The Hall–Kier alpha value is -1.86. The Bertz CT molecular complexity index is 368. The predicted molar refractivity (Wildman–Crippen MR) is 78.2 cm³/mol. The second-order valence-electron chi connectivity index (χ2n) is 3.83. The highest BCUT2D eigenvalue weighted by Crippen LogP contribution is 1.95. The first-order valence-corrected chi connectivity index (χ1v) is 6.21. The average Bonchev–Trinajstić information content (AvgIpc) is 3.17. The fourth-order valence-corrected chi connectivity index (χ4v) is 1.37. The lowest BCUT2D eigenvalue weighted by atomic mass is 10.2. The van der Waals surface area contributed by atoms with Crippen LogP contribution in [-0.2, 0) is 6.61 Å². The summed E-state index contributed by atoms with van der Waals surface area (Å²) in [5.74, 6) is 0. The van der Waals surface area contributed by atoms with Crippen LogP contribution in [0.15, 0.2) is 78.9 Å². The van der Waals surface area contributed by atoms with Gasteiger partial charge in [0, 0.05) is 0 Å². The lowest BCUT2D eigenvalue weighted by Crippen LogP contribution is -1.77. The fraction of sp³-hybridized carbons (Fsp3) is 0.176. The van der Waals surface area contributed by atoms with Gasteiger partial charge in [0.25, 0.3) is 0 Å². The van der Waals surface area contributed by atoms with E-state index in [0.717, 1.165) is 18.4 Å². The molecule has 1 N–H and O–H groups in total. The Kier molecular flexibility index (Phi) is 8.13. The monoisotopic (exact) mass is 240 g/mol. The molecule has 0 saturated carbocycles. The molecule has 0 atom stereocenters. The zero-order chi connectivity index (χ0) is 12.9. The van der Waals surface area contributed by atoms with Crippen molar-refractivity contribution in [1.82, 2.24) is 0 Å². The fourth-order valence-electron chi connectivity index (χ4n) is 1.37. The lowest BCUT2D eigenvalue weighted by Gasteiger charge is -1.89. The molecule has 0 aromatic heterocycles. The van der Waals surface area contributed by atoms with Crippen LogP contribution < -0.4 is 0 Å². The van der Waals surface area contributed by atoms with Gasteiger partial charge in [-0.15, -0.1) is 0 Å². The number of aliphatic hydroxyl groups is 1. The maximum Gasteiger partial charge on any atom is 0.0681 e. The maximum atomic E-state index is 8.54. The van der Waals surface area contributed by atoms with Gasteiger partial charge in [-0.05, 0) is 18.4 Å². The predicted octanol–water partition coefficient (Wildman–Crippen LogP) is 4.18. The summed E-state index contributed by atoms with van der Waals surface area (Å²) in [6.07, 6.45) is 19.0. The summed E-state index contributed by atoms with van der Waals surface area (Å²) < 4.78 is 0. The molecule has 3 rings (SSSR count). The van der Waals surface area contributed by atoms with Crippen LogP contribution in [-0.4, -0.2) is 5.11 Å². The van der Waals surface area contributed by atoms with Crippen LogP contribution in [0.5, 0.6) is 0 Å². The maximum absolute atomic E-state index is 8.54. The normalized spacial score (nSPS) is 13.8. The first-order chi connectivity index (χ1) is 8.93. The summed E-state index contributed by atoms with van der Waals surface area (Å²) >= 11 is 0. The molecule has 0 spiro atoms. The molecule has 0 fully saturated rings. The number of hydrogen-bond donors (Lipinski definition) is 1. The van der Waals surface area contributed by atoms with Crippen molar-refractivity contribution in [1.29, 1.82) is 0 Å². The molecule has 1 aromatic rings. The van der Waals surface area contributed by atoms with Gasteiger partial charge in [-0.25, -0.2) is 0 Å². The van der Waals surface area contributed by atoms with Crippen LogP contribution in [0.4, 0.5) is 0 Å². The molecule has 1 nitrogen and oxygen atoms in total. The highest BCUT2D eigenvalue weighted by molar-refractivity contribution is 5.13. The number of rotatable bonds is 1. The molecule has 2 aliphatic rings. The third-order valence-electron chi connectivity index (χ3n) is 2.34. The summed E-state index contributed by atoms with van der Waals surface area (Å²) in [6, 6.07) is 9.52. The van der Waals surface area contributed by atoms with Gasteiger partial charge in [-0.1, -0.05) is 78.9 Å². The summed E-state index contributed by atoms with van der Waals surface area (Å²) in [4.78, 5) is 0. The molecule has 1 heteroatoms. The Balaban J connectivity index is 0.000000141. The zero-order valence-corrected chi connectivity index (χ0v) is 10.6. The van der Waals surface area contributed by atoms with E-state index in [1.54, 1.807) is 0 Å². The first kappa shape index (κ1) is 14.2. The van der Waals surface area contributed by atoms with Crippen molar-refractivity contribution in [2.24, 2.45) is 0 Å². The molecule has 2 aliphatic carbocycles. The molecule has 0 heterocycles. The van der Waals surface area contributed by atoms with Crippen LogP contribution >= 0.6 is 0 Å². The van der Waals surface area contributed by atoms with Crippen molar-refractivity contribution < 1.29 is 5.11 Å². The Labute approximate surface area is 109 Å². The van der Waals surface area contributed by atoms with Gasteiger partial charge in [0.15, 0.2) is 0 Å². The lowest BCUT2D eigenvalue weighted by molar-refractivity contribution is 0.282. The topological polar surface area (TPSA) is 20.2 Å². The minimum atomic E-state index is 0.140. The Morgan fingerprint density at radius 1 is 0.722 bits per heavy atom. The highest BCUT2D eigenvalue weighted by Gasteiger charge is 1.81. The van der Waals surface area contributed by atoms with Crippen molar-refractivity contribution in [2.75, 3.05) is 0 Å². The molecule has 94 valence electrons. The molecule has 0 unspecified atom stereocenters. The standard InChI is InChI=1S/C7H8O.2C5H6/c8-6-7-4-2-1-3-5-7;2*1-2-4-5-3-1/h1-5,8H,6H2;2*1-4H,5H2. The van der Waals surface area contributed by atoms with Gasteiger partial charge in [-0.2, -0.15) is 0 Å². The van der Waals surface area contributed by atoms with E-state index >= 15 is 0 Å². The first-order valence-electron chi connectivity index (χ1n) is 6.21. The summed E-state index contributed by atoms with van der Waals surface area (Å²) in [5, 5.41) is 8.54. The van der Waals surface area contributed by atoms with Gasteiger partial charge >= 0.3 is 0 Å². The highest BCUT2D eigenvalue weighted by atomic mass is 16.3. The van der Waals surface area contributed by atoms with E-state index in [2.05, 4.69) is 48.6 Å². The molecule has 0 bridgehead atoms. The molecule has 0 aliphatic heterocycles. The summed E-state index contributed by atoms with van der Waals surface area (Å²) in [6.45, 7) is 0.140. The van der Waals surface area contributed by atoms with Crippen molar-refractivity contribution in [3.8, 4) is 0 Å². The van der Waals surface area contributed by atoms with Crippen molar-refractivity contribution in [2.45, 2.75) is 19.4 Å². The molecule has 0 radical (unpaired) electrons. The van der Waals surface area contributed by atoms with E-state index in [-0.39, 0.29) is 6.61 Å². The molecular formula is C17H20O. The Morgan fingerprint density at radius 3 is 1.39 bits per heavy atom. The van der Waals surface area contributed by atoms with Crippen LogP contribution in [0.1, 0.15) is 18.4 Å². The minimum Gasteiger partial charge on any atom is -0.392 e. The number of benzene rings is 1. The van der Waals surface area contributed by atoms with E-state index in [9.17, 15) is 0 Å². The van der Waals surface area contributed by atoms with Gasteiger partial charge in [-0.3, -0.25) is 0 Å². The summed E-state index contributed by atoms with van der Waals surface area (Å²) in [7, 11) is 0. The van der Waals surface area contributed by atoms with E-state index < -0.39 is 0 Å². The second kappa shape index (κ2) is 10.3. The Morgan fingerprint density at radius 2 is 1.17 bits per heavy atom. The van der Waals surface area contributed by atoms with Gasteiger partial charge < -0.3 is 5.11 Å². The molecule has 18 heavy (non-hydrogen) atoms. The molecular weight excluding hydrogens is 220 g/mol. The van der Waals surface area contributed by atoms with Crippen molar-refractivity contribution in [3.63, 3.8) is 0 Å². The van der Waals surface area contributed by atoms with E-state index in [4.69, 9.17) is 5.11 Å². The third kappa shape index (κ3) is 7.42. The molecule has 1 aromatic carbocycles. The number of allylic oxidation sites excluding steroid dienone is 8. The van der Waals surface area contributed by atoms with Gasteiger partial charge in [0.2, 0.25) is 0 Å². The average molecular weight is 240 g/mol. The number of hydrogen-bond acceptors (Lipinski definition) is 1.